The zero-order valence-corrected chi connectivity index (χ0v) is 19.5. The quantitative estimate of drug-likeness (QED) is 0.576. The number of anilines is 1. The molecule has 7 nitrogen and oxygen atoms in total. The Balaban J connectivity index is 0.00000259. The highest BCUT2D eigenvalue weighted by Gasteiger charge is 2.26. The number of hydrogen-bond donors (Lipinski definition) is 2. The van der Waals surface area contributed by atoms with Gasteiger partial charge in [-0.1, -0.05) is 18.2 Å². The lowest BCUT2D eigenvalue weighted by Gasteiger charge is -2.28. The van der Waals surface area contributed by atoms with Crippen LogP contribution in [-0.2, 0) is 11.3 Å². The number of ether oxygens (including phenoxy) is 2. The molecule has 33 heavy (non-hydrogen) atoms. The predicted octanol–water partition coefficient (Wildman–Crippen LogP) is 4.42. The van der Waals surface area contributed by atoms with E-state index >= 15 is 0 Å². The third-order valence-corrected chi connectivity index (χ3v) is 6.27. The smallest absolute Gasteiger partial charge is 0.227 e. The second-order valence-electron chi connectivity index (χ2n) is 8.57. The molecular formula is C25H29ClN4O3. The summed E-state index contributed by atoms with van der Waals surface area (Å²) in [6.07, 6.45) is 5.41. The molecule has 1 aliphatic carbocycles. The number of nitrogens with zero attached hydrogens (tertiary/aromatic N) is 2. The van der Waals surface area contributed by atoms with Crippen molar-refractivity contribution in [2.75, 3.05) is 18.5 Å². The van der Waals surface area contributed by atoms with Gasteiger partial charge < -0.3 is 20.1 Å². The molecule has 3 aromatic rings. The molecule has 0 spiro atoms. The van der Waals surface area contributed by atoms with Crippen molar-refractivity contribution in [1.82, 2.24) is 15.3 Å². The Morgan fingerprint density at radius 2 is 1.85 bits per heavy atom. The van der Waals surface area contributed by atoms with E-state index in [2.05, 4.69) is 20.6 Å². The summed E-state index contributed by atoms with van der Waals surface area (Å²) in [6.45, 7) is 3.79. The number of aryl methyl sites for hydroxylation is 1. The molecule has 1 fully saturated rings. The molecule has 1 amide bonds. The number of hydrogen-bond acceptors (Lipinski definition) is 6. The van der Waals surface area contributed by atoms with Gasteiger partial charge in [0, 0.05) is 35.7 Å². The van der Waals surface area contributed by atoms with Crippen molar-refractivity contribution in [2.45, 2.75) is 45.2 Å². The first-order chi connectivity index (χ1) is 15.7. The van der Waals surface area contributed by atoms with E-state index in [9.17, 15) is 4.79 Å². The summed E-state index contributed by atoms with van der Waals surface area (Å²) in [5.74, 6) is 1.60. The maximum absolute atomic E-state index is 12.9. The van der Waals surface area contributed by atoms with Gasteiger partial charge in [-0.05, 0) is 44.7 Å². The van der Waals surface area contributed by atoms with Crippen molar-refractivity contribution >= 4 is 34.9 Å². The van der Waals surface area contributed by atoms with Crippen molar-refractivity contribution in [2.24, 2.45) is 5.92 Å². The predicted molar refractivity (Wildman–Crippen MR) is 130 cm³/mol. The minimum Gasteiger partial charge on any atom is -0.486 e. The minimum atomic E-state index is 0. The summed E-state index contributed by atoms with van der Waals surface area (Å²) in [4.78, 5) is 22.0. The van der Waals surface area contributed by atoms with Gasteiger partial charge in [0.05, 0.1) is 23.1 Å². The van der Waals surface area contributed by atoms with Crippen molar-refractivity contribution in [1.29, 1.82) is 0 Å². The highest BCUT2D eigenvalue weighted by molar-refractivity contribution is 6.01. The van der Waals surface area contributed by atoms with Crippen LogP contribution >= 0.6 is 12.4 Å². The number of nitrogens with one attached hydrogen (secondary N) is 2. The first kappa shape index (κ1) is 23.3. The molecule has 5 rings (SSSR count). The second kappa shape index (κ2) is 10.4. The van der Waals surface area contributed by atoms with Gasteiger partial charge in [0.2, 0.25) is 5.91 Å². The Kier molecular flexibility index (Phi) is 7.30. The first-order valence-electron chi connectivity index (χ1n) is 11.3. The van der Waals surface area contributed by atoms with E-state index in [0.717, 1.165) is 59.4 Å². The molecule has 0 saturated heterocycles. The number of carbonyl (C=O) groups is 1. The average Bonchev–Trinajstić information content (AvgIpc) is 2.83. The molecule has 1 aliphatic heterocycles. The number of benzene rings is 1. The Bertz CT molecular complexity index is 1130. The van der Waals surface area contributed by atoms with E-state index in [1.54, 1.807) is 6.20 Å². The first-order valence-corrected chi connectivity index (χ1v) is 11.3. The summed E-state index contributed by atoms with van der Waals surface area (Å²) >= 11 is 0. The largest absolute Gasteiger partial charge is 0.486 e. The molecule has 2 aromatic heterocycles. The van der Waals surface area contributed by atoms with Crippen LogP contribution in [-0.4, -0.2) is 35.1 Å². The van der Waals surface area contributed by atoms with Gasteiger partial charge >= 0.3 is 0 Å². The van der Waals surface area contributed by atoms with Gasteiger partial charge in [0.15, 0.2) is 11.5 Å². The molecule has 174 valence electrons. The monoisotopic (exact) mass is 468 g/mol. The molecule has 1 aromatic carbocycles. The number of fused-ring (bicyclic) bond motifs is 2. The topological polar surface area (TPSA) is 85.4 Å². The Morgan fingerprint density at radius 3 is 2.67 bits per heavy atom. The lowest BCUT2D eigenvalue weighted by Crippen LogP contribution is -2.36. The molecule has 0 bridgehead atoms. The average molecular weight is 469 g/mol. The molecule has 1 saturated carbocycles. The summed E-state index contributed by atoms with van der Waals surface area (Å²) in [5.41, 5.74) is 3.52. The second-order valence-corrected chi connectivity index (χ2v) is 8.57. The van der Waals surface area contributed by atoms with Crippen LogP contribution in [0, 0.1) is 12.8 Å². The van der Waals surface area contributed by atoms with Gasteiger partial charge in [-0.3, -0.25) is 14.8 Å². The zero-order valence-electron chi connectivity index (χ0n) is 18.7. The van der Waals surface area contributed by atoms with Crippen LogP contribution < -0.4 is 20.1 Å². The van der Waals surface area contributed by atoms with Crippen molar-refractivity contribution < 1.29 is 14.3 Å². The van der Waals surface area contributed by atoms with E-state index in [4.69, 9.17) is 9.47 Å². The van der Waals surface area contributed by atoms with Crippen molar-refractivity contribution in [3.8, 4) is 11.5 Å². The summed E-state index contributed by atoms with van der Waals surface area (Å²) in [6, 6.07) is 12.3. The Labute approximate surface area is 199 Å². The van der Waals surface area contributed by atoms with E-state index in [0.29, 0.717) is 31.5 Å². The summed E-state index contributed by atoms with van der Waals surface area (Å²) in [5, 5.41) is 7.75. The fourth-order valence-electron chi connectivity index (χ4n) is 4.47. The third-order valence-electron chi connectivity index (χ3n) is 6.27. The molecule has 0 atom stereocenters. The van der Waals surface area contributed by atoms with Crippen LogP contribution in [0.4, 0.5) is 5.69 Å². The minimum absolute atomic E-state index is 0. The van der Waals surface area contributed by atoms with Crippen LogP contribution in [0.5, 0.6) is 11.5 Å². The standard InChI is InChI=1S/C25H28N4O3.ClH/c1-16-5-6-17-3-2-4-21(24(17)28-16)29-25(30)18-7-9-19(10-8-18)26-14-20-13-22-23(15-27-20)32-12-11-31-22;/h2-6,13,15,18-19,26H,7-12,14H2,1H3,(H,29,30);1H. The van der Waals surface area contributed by atoms with Crippen molar-refractivity contribution in [3.05, 3.63) is 54.0 Å². The van der Waals surface area contributed by atoms with Crippen molar-refractivity contribution in [3.63, 3.8) is 0 Å². The molecule has 8 heteroatoms. The van der Waals surface area contributed by atoms with E-state index in [1.807, 2.05) is 43.3 Å². The maximum atomic E-state index is 12.9. The Hall–Kier alpha value is -2.90. The zero-order chi connectivity index (χ0) is 21.9. The number of aromatic nitrogens is 2. The molecule has 2 N–H and O–H groups in total. The lowest BCUT2D eigenvalue weighted by atomic mass is 9.85. The molecular weight excluding hydrogens is 440 g/mol. The third kappa shape index (κ3) is 5.37. The van der Waals surface area contributed by atoms with Crippen LogP contribution in [0.3, 0.4) is 0 Å². The van der Waals surface area contributed by atoms with Gasteiger partial charge in [-0.2, -0.15) is 0 Å². The van der Waals surface area contributed by atoms with Gasteiger partial charge in [0.1, 0.15) is 13.2 Å². The van der Waals surface area contributed by atoms with Crippen LogP contribution in [0.25, 0.3) is 10.9 Å². The maximum Gasteiger partial charge on any atom is 0.227 e. The fraction of sp³-hybridized carbons (Fsp3) is 0.400. The van der Waals surface area contributed by atoms with E-state index in [-0.39, 0.29) is 24.2 Å². The van der Waals surface area contributed by atoms with E-state index in [1.165, 1.54) is 0 Å². The summed E-state index contributed by atoms with van der Waals surface area (Å²) in [7, 11) is 0. The SMILES string of the molecule is Cc1ccc2cccc(NC(=O)C3CCC(NCc4cc5c(cn4)OCCO5)CC3)c2n1.Cl. The number of amides is 1. The highest BCUT2D eigenvalue weighted by atomic mass is 35.5. The van der Waals surface area contributed by atoms with Gasteiger partial charge in [0.25, 0.3) is 0 Å². The van der Waals surface area contributed by atoms with Crippen LogP contribution in [0.2, 0.25) is 0 Å². The molecule has 2 aliphatic rings. The number of halogens is 1. The number of pyridine rings is 2. The van der Waals surface area contributed by atoms with Gasteiger partial charge in [-0.25, -0.2) is 0 Å². The molecule has 0 unspecified atom stereocenters. The number of rotatable bonds is 5. The lowest BCUT2D eigenvalue weighted by molar-refractivity contribution is -0.120. The fourth-order valence-corrected chi connectivity index (χ4v) is 4.47. The molecule has 0 radical (unpaired) electrons. The number of carbonyl (C=O) groups excluding carboxylic acids is 1. The normalized spacial score (nSPS) is 19.5. The highest BCUT2D eigenvalue weighted by Crippen LogP contribution is 2.30. The Morgan fingerprint density at radius 1 is 1.06 bits per heavy atom. The van der Waals surface area contributed by atoms with Crippen LogP contribution in [0.15, 0.2) is 42.6 Å². The summed E-state index contributed by atoms with van der Waals surface area (Å²) < 4.78 is 11.2. The molecule has 3 heterocycles. The number of para-hydroxylation sites is 1. The van der Waals surface area contributed by atoms with Crippen LogP contribution in [0.1, 0.15) is 37.1 Å². The van der Waals surface area contributed by atoms with Gasteiger partial charge in [-0.15, -0.1) is 12.4 Å². The van der Waals surface area contributed by atoms with E-state index < -0.39 is 0 Å².